The number of para-hydroxylation sites is 2. The summed E-state index contributed by atoms with van der Waals surface area (Å²) in [7, 11) is 0. The van der Waals surface area contributed by atoms with E-state index in [0.29, 0.717) is 10.7 Å². The van der Waals surface area contributed by atoms with Crippen LogP contribution < -0.4 is 15.4 Å². The average Bonchev–Trinajstić information content (AvgIpc) is 2.48. The van der Waals surface area contributed by atoms with E-state index in [2.05, 4.69) is 10.6 Å². The second-order valence-electron chi connectivity index (χ2n) is 4.14. The molecule has 2 aromatic carbocycles. The molecule has 0 spiro atoms. The van der Waals surface area contributed by atoms with Crippen molar-refractivity contribution in [3.8, 4) is 5.75 Å². The van der Waals surface area contributed by atoms with Crippen LogP contribution in [0.2, 0.25) is 5.02 Å². The molecule has 0 heterocycles. The van der Waals surface area contributed by atoms with Gasteiger partial charge in [-0.1, -0.05) is 35.9 Å². The molecule has 0 bridgehead atoms. The maximum Gasteiger partial charge on any atom is 0.319 e. The highest BCUT2D eigenvalue weighted by Gasteiger charge is 2.05. The summed E-state index contributed by atoms with van der Waals surface area (Å²) in [6.07, 6.45) is 0. The van der Waals surface area contributed by atoms with Crippen molar-refractivity contribution in [2.75, 3.05) is 18.5 Å². The van der Waals surface area contributed by atoms with Crippen LogP contribution >= 0.6 is 11.6 Å². The number of benzene rings is 2. The van der Waals surface area contributed by atoms with Crippen molar-refractivity contribution < 1.29 is 13.9 Å². The third-order valence-corrected chi connectivity index (χ3v) is 2.93. The van der Waals surface area contributed by atoms with E-state index in [0.717, 1.165) is 0 Å². The zero-order valence-corrected chi connectivity index (χ0v) is 11.9. The van der Waals surface area contributed by atoms with E-state index in [-0.39, 0.29) is 18.9 Å². The number of rotatable bonds is 5. The molecule has 2 amide bonds. The number of carbonyl (C=O) groups is 1. The number of hydrogen-bond acceptors (Lipinski definition) is 2. The number of ether oxygens (including phenoxy) is 1. The summed E-state index contributed by atoms with van der Waals surface area (Å²) in [5, 5.41) is 5.65. The zero-order chi connectivity index (χ0) is 15.1. The molecule has 0 radical (unpaired) electrons. The molecule has 2 aromatic rings. The van der Waals surface area contributed by atoms with E-state index < -0.39 is 11.8 Å². The number of hydrogen-bond donors (Lipinski definition) is 2. The lowest BCUT2D eigenvalue weighted by Gasteiger charge is -2.10. The Morgan fingerprint density at radius 1 is 1.14 bits per heavy atom. The average molecular weight is 309 g/mol. The van der Waals surface area contributed by atoms with Crippen molar-refractivity contribution >= 4 is 23.3 Å². The molecule has 0 aliphatic rings. The van der Waals surface area contributed by atoms with Gasteiger partial charge < -0.3 is 15.4 Å². The largest absolute Gasteiger partial charge is 0.489 e. The number of carbonyl (C=O) groups excluding carboxylic acids is 1. The van der Waals surface area contributed by atoms with Crippen LogP contribution in [-0.2, 0) is 0 Å². The Labute approximate surface area is 126 Å². The van der Waals surface area contributed by atoms with Crippen molar-refractivity contribution in [2.45, 2.75) is 0 Å². The van der Waals surface area contributed by atoms with Crippen LogP contribution in [0.5, 0.6) is 5.75 Å². The Hall–Kier alpha value is -2.27. The minimum atomic E-state index is -0.432. The molecule has 0 atom stereocenters. The van der Waals surface area contributed by atoms with Gasteiger partial charge >= 0.3 is 6.03 Å². The van der Waals surface area contributed by atoms with E-state index in [4.69, 9.17) is 16.3 Å². The van der Waals surface area contributed by atoms with E-state index in [1.807, 2.05) is 0 Å². The molecule has 0 saturated carbocycles. The Morgan fingerprint density at radius 3 is 2.62 bits per heavy atom. The summed E-state index contributed by atoms with van der Waals surface area (Å²) in [6.45, 7) is 0.404. The summed E-state index contributed by atoms with van der Waals surface area (Å²) in [6, 6.07) is 12.6. The van der Waals surface area contributed by atoms with Gasteiger partial charge in [-0.2, -0.15) is 0 Å². The number of halogens is 2. The van der Waals surface area contributed by atoms with Crippen molar-refractivity contribution in [3.05, 3.63) is 59.4 Å². The Morgan fingerprint density at radius 2 is 1.86 bits per heavy atom. The van der Waals surface area contributed by atoms with Crippen LogP contribution in [0.1, 0.15) is 0 Å². The second-order valence-corrected chi connectivity index (χ2v) is 4.55. The highest BCUT2D eigenvalue weighted by Crippen LogP contribution is 2.20. The predicted octanol–water partition coefficient (Wildman–Crippen LogP) is 3.68. The first-order chi connectivity index (χ1) is 10.2. The molecule has 2 N–H and O–H groups in total. The Kier molecular flexibility index (Phi) is 5.40. The molecule has 0 aromatic heterocycles. The van der Waals surface area contributed by atoms with E-state index in [1.54, 1.807) is 36.4 Å². The van der Waals surface area contributed by atoms with Crippen molar-refractivity contribution in [1.29, 1.82) is 0 Å². The third-order valence-electron chi connectivity index (χ3n) is 2.60. The fourth-order valence-electron chi connectivity index (χ4n) is 1.62. The SMILES string of the molecule is O=C(NCCOc1ccccc1F)Nc1ccccc1Cl. The van der Waals surface area contributed by atoms with Gasteiger partial charge in [-0.15, -0.1) is 0 Å². The van der Waals surface area contributed by atoms with Gasteiger partial charge in [0.25, 0.3) is 0 Å². The van der Waals surface area contributed by atoms with Crippen LogP contribution in [0, 0.1) is 5.82 Å². The lowest BCUT2D eigenvalue weighted by atomic mass is 10.3. The fraction of sp³-hybridized carbons (Fsp3) is 0.133. The van der Waals surface area contributed by atoms with Crippen LogP contribution in [0.15, 0.2) is 48.5 Å². The molecule has 0 saturated heterocycles. The number of anilines is 1. The molecule has 0 unspecified atom stereocenters. The first kappa shape index (κ1) is 15.1. The van der Waals surface area contributed by atoms with Crippen LogP contribution in [-0.4, -0.2) is 19.2 Å². The van der Waals surface area contributed by atoms with Crippen LogP contribution in [0.25, 0.3) is 0 Å². The van der Waals surface area contributed by atoms with Crippen molar-refractivity contribution in [1.82, 2.24) is 5.32 Å². The van der Waals surface area contributed by atoms with Crippen LogP contribution in [0.4, 0.5) is 14.9 Å². The van der Waals surface area contributed by atoms with Crippen molar-refractivity contribution in [2.24, 2.45) is 0 Å². The molecule has 2 rings (SSSR count). The van der Waals surface area contributed by atoms with E-state index in [9.17, 15) is 9.18 Å². The molecule has 4 nitrogen and oxygen atoms in total. The molecular weight excluding hydrogens is 295 g/mol. The van der Waals surface area contributed by atoms with Gasteiger partial charge in [0.2, 0.25) is 0 Å². The van der Waals surface area contributed by atoms with E-state index >= 15 is 0 Å². The third kappa shape index (κ3) is 4.65. The summed E-state index contributed by atoms with van der Waals surface area (Å²) in [5.41, 5.74) is 0.520. The van der Waals surface area contributed by atoms with Gasteiger partial charge in [-0.05, 0) is 24.3 Å². The number of amides is 2. The fourth-order valence-corrected chi connectivity index (χ4v) is 1.80. The highest BCUT2D eigenvalue weighted by molar-refractivity contribution is 6.33. The van der Waals surface area contributed by atoms with Gasteiger partial charge in [-0.3, -0.25) is 0 Å². The molecule has 0 aliphatic carbocycles. The standard InChI is InChI=1S/C15H14ClFN2O2/c16-11-5-1-3-7-13(11)19-15(20)18-9-10-21-14-8-4-2-6-12(14)17/h1-8H,9-10H2,(H2,18,19,20). The molecular formula is C15H14ClFN2O2. The molecule has 6 heteroatoms. The lowest BCUT2D eigenvalue weighted by molar-refractivity contribution is 0.246. The Bertz CT molecular complexity index is 622. The monoisotopic (exact) mass is 308 g/mol. The number of nitrogens with one attached hydrogen (secondary N) is 2. The normalized spacial score (nSPS) is 10.0. The summed E-state index contributed by atoms with van der Waals surface area (Å²) in [4.78, 5) is 11.6. The zero-order valence-electron chi connectivity index (χ0n) is 11.1. The van der Waals surface area contributed by atoms with E-state index in [1.165, 1.54) is 12.1 Å². The minimum Gasteiger partial charge on any atom is -0.489 e. The van der Waals surface area contributed by atoms with Gasteiger partial charge in [0, 0.05) is 0 Å². The predicted molar refractivity (Wildman–Crippen MR) is 80.4 cm³/mol. The topological polar surface area (TPSA) is 50.4 Å². The summed E-state index contributed by atoms with van der Waals surface area (Å²) >= 11 is 5.92. The first-order valence-electron chi connectivity index (χ1n) is 6.33. The van der Waals surface area contributed by atoms with Gasteiger partial charge in [0.15, 0.2) is 11.6 Å². The summed E-state index contributed by atoms with van der Waals surface area (Å²) in [5.74, 6) is -0.274. The molecule has 21 heavy (non-hydrogen) atoms. The van der Waals surface area contributed by atoms with Crippen molar-refractivity contribution in [3.63, 3.8) is 0 Å². The quantitative estimate of drug-likeness (QED) is 0.828. The highest BCUT2D eigenvalue weighted by atomic mass is 35.5. The molecule has 110 valence electrons. The minimum absolute atomic E-state index is 0.158. The smallest absolute Gasteiger partial charge is 0.319 e. The lowest BCUT2D eigenvalue weighted by Crippen LogP contribution is -2.32. The maximum atomic E-state index is 13.3. The first-order valence-corrected chi connectivity index (χ1v) is 6.71. The summed E-state index contributed by atoms with van der Waals surface area (Å²) < 4.78 is 18.5. The molecule has 0 fully saturated rings. The Balaban J connectivity index is 1.73. The second kappa shape index (κ2) is 7.50. The van der Waals surface area contributed by atoms with Gasteiger partial charge in [-0.25, -0.2) is 9.18 Å². The van der Waals surface area contributed by atoms with Gasteiger partial charge in [0.05, 0.1) is 17.3 Å². The molecule has 0 aliphatic heterocycles. The van der Waals surface area contributed by atoms with Gasteiger partial charge in [0.1, 0.15) is 6.61 Å². The number of urea groups is 1. The van der Waals surface area contributed by atoms with Crippen LogP contribution in [0.3, 0.4) is 0 Å². The maximum absolute atomic E-state index is 13.3.